The molecule has 0 atom stereocenters. The summed E-state index contributed by atoms with van der Waals surface area (Å²) in [7, 11) is -3.91. The Morgan fingerprint density at radius 2 is 1.61 bits per heavy atom. The van der Waals surface area contributed by atoms with Crippen molar-refractivity contribution in [2.45, 2.75) is 31.3 Å². The fourth-order valence-electron chi connectivity index (χ4n) is 2.98. The predicted octanol–water partition coefficient (Wildman–Crippen LogP) is 4.08. The van der Waals surface area contributed by atoms with Crippen molar-refractivity contribution >= 4 is 10.0 Å². The quantitative estimate of drug-likeness (QED) is 0.705. The number of benzene rings is 2. The second-order valence-electron chi connectivity index (χ2n) is 6.34. The van der Waals surface area contributed by atoms with E-state index in [-0.39, 0.29) is 16.9 Å². The van der Waals surface area contributed by atoms with Crippen LogP contribution in [0.15, 0.2) is 53.4 Å². The average molecular weight is 409 g/mol. The third-order valence-corrected chi connectivity index (χ3v) is 5.27. The van der Waals surface area contributed by atoms with Crippen LogP contribution in [0.2, 0.25) is 0 Å². The standard InChI is InChI=1S/C19H18F3N3O2S/c1-3-16-17(13-6-4-12(2)5-7-13)25(24-18(16)19(20,21)22)14-8-10-15(11-9-14)28(23,26)27/h4-11H,3H2,1-2H3,(H2,23,26,27). The SMILES string of the molecule is CCc1c(C(F)(F)F)nn(-c2ccc(S(N)(=O)=O)cc2)c1-c1ccc(C)cc1. The third kappa shape index (κ3) is 3.81. The summed E-state index contributed by atoms with van der Waals surface area (Å²) in [6.07, 6.45) is -4.48. The molecule has 3 rings (SSSR count). The smallest absolute Gasteiger partial charge is 0.232 e. The molecule has 0 aliphatic heterocycles. The first-order chi connectivity index (χ1) is 13.0. The van der Waals surface area contributed by atoms with Gasteiger partial charge in [-0.2, -0.15) is 18.3 Å². The third-order valence-electron chi connectivity index (χ3n) is 4.34. The van der Waals surface area contributed by atoms with E-state index in [0.29, 0.717) is 16.9 Å². The minimum absolute atomic E-state index is 0.0758. The number of aryl methyl sites for hydroxylation is 1. The van der Waals surface area contributed by atoms with Crippen LogP contribution in [0.4, 0.5) is 13.2 Å². The molecule has 0 saturated heterocycles. The van der Waals surface area contributed by atoms with Gasteiger partial charge in [-0.05, 0) is 37.6 Å². The Morgan fingerprint density at radius 3 is 2.07 bits per heavy atom. The number of hydrogen-bond acceptors (Lipinski definition) is 3. The summed E-state index contributed by atoms with van der Waals surface area (Å²) >= 11 is 0. The van der Waals surface area contributed by atoms with Gasteiger partial charge in [0.2, 0.25) is 10.0 Å². The van der Waals surface area contributed by atoms with Crippen molar-refractivity contribution in [1.29, 1.82) is 0 Å². The van der Waals surface area contributed by atoms with Crippen molar-refractivity contribution in [3.63, 3.8) is 0 Å². The topological polar surface area (TPSA) is 78.0 Å². The Bertz CT molecular complexity index is 1100. The maximum Gasteiger partial charge on any atom is 0.435 e. The number of alkyl halides is 3. The van der Waals surface area contributed by atoms with E-state index in [0.717, 1.165) is 5.56 Å². The molecule has 5 nitrogen and oxygen atoms in total. The Morgan fingerprint density at radius 1 is 1.04 bits per heavy atom. The highest BCUT2D eigenvalue weighted by atomic mass is 32.2. The molecule has 148 valence electrons. The summed E-state index contributed by atoms with van der Waals surface area (Å²) in [5.41, 5.74) is 1.29. The van der Waals surface area contributed by atoms with Gasteiger partial charge in [-0.3, -0.25) is 0 Å². The fraction of sp³-hybridized carbons (Fsp3) is 0.211. The van der Waals surface area contributed by atoms with Gasteiger partial charge < -0.3 is 0 Å². The minimum Gasteiger partial charge on any atom is -0.232 e. The molecule has 0 aliphatic rings. The van der Waals surface area contributed by atoms with Gasteiger partial charge in [-0.1, -0.05) is 36.8 Å². The lowest BCUT2D eigenvalue weighted by Gasteiger charge is -2.10. The molecular weight excluding hydrogens is 391 g/mol. The van der Waals surface area contributed by atoms with E-state index >= 15 is 0 Å². The van der Waals surface area contributed by atoms with E-state index in [1.807, 2.05) is 19.1 Å². The van der Waals surface area contributed by atoms with Crippen molar-refractivity contribution < 1.29 is 21.6 Å². The second kappa shape index (κ2) is 7.06. The zero-order valence-electron chi connectivity index (χ0n) is 15.2. The normalized spacial score (nSPS) is 12.4. The number of nitrogens with zero attached hydrogens (tertiary/aromatic N) is 2. The highest BCUT2D eigenvalue weighted by molar-refractivity contribution is 7.89. The van der Waals surface area contributed by atoms with Crippen LogP contribution in [0.3, 0.4) is 0 Å². The maximum absolute atomic E-state index is 13.6. The molecule has 9 heteroatoms. The highest BCUT2D eigenvalue weighted by Gasteiger charge is 2.39. The zero-order valence-corrected chi connectivity index (χ0v) is 16.0. The summed E-state index contributed by atoms with van der Waals surface area (Å²) in [6, 6.07) is 12.3. The maximum atomic E-state index is 13.6. The molecule has 1 aromatic heterocycles. The van der Waals surface area contributed by atoms with Gasteiger partial charge in [0.05, 0.1) is 16.3 Å². The highest BCUT2D eigenvalue weighted by Crippen LogP contribution is 2.38. The fourth-order valence-corrected chi connectivity index (χ4v) is 3.50. The summed E-state index contributed by atoms with van der Waals surface area (Å²) < 4.78 is 64.8. The van der Waals surface area contributed by atoms with E-state index in [1.165, 1.54) is 28.9 Å². The lowest BCUT2D eigenvalue weighted by Crippen LogP contribution is -2.12. The molecule has 28 heavy (non-hydrogen) atoms. The van der Waals surface area contributed by atoms with E-state index in [2.05, 4.69) is 5.10 Å². The van der Waals surface area contributed by atoms with Gasteiger partial charge >= 0.3 is 6.18 Å². The molecule has 0 bridgehead atoms. The number of nitrogens with two attached hydrogens (primary N) is 1. The molecule has 0 amide bonds. The molecule has 0 unspecified atom stereocenters. The van der Waals surface area contributed by atoms with Crippen LogP contribution in [0, 0.1) is 6.92 Å². The monoisotopic (exact) mass is 409 g/mol. The van der Waals surface area contributed by atoms with Gasteiger partial charge in [0.1, 0.15) is 0 Å². The van der Waals surface area contributed by atoms with Gasteiger partial charge in [-0.15, -0.1) is 0 Å². The first kappa shape index (κ1) is 20.1. The Balaban J connectivity index is 2.28. The zero-order chi connectivity index (χ0) is 20.7. The van der Waals surface area contributed by atoms with Gasteiger partial charge in [0.15, 0.2) is 5.69 Å². The second-order valence-corrected chi connectivity index (χ2v) is 7.91. The predicted molar refractivity (Wildman–Crippen MR) is 99.5 cm³/mol. The van der Waals surface area contributed by atoms with Crippen molar-refractivity contribution in [2.24, 2.45) is 5.14 Å². The molecule has 0 aliphatic carbocycles. The molecule has 3 aromatic rings. The lowest BCUT2D eigenvalue weighted by molar-refractivity contribution is -0.141. The van der Waals surface area contributed by atoms with E-state index in [9.17, 15) is 21.6 Å². The molecule has 0 spiro atoms. The van der Waals surface area contributed by atoms with Crippen LogP contribution in [-0.2, 0) is 22.6 Å². The number of sulfonamides is 1. The van der Waals surface area contributed by atoms with E-state index < -0.39 is 21.9 Å². The Labute approximate surface area is 160 Å². The van der Waals surface area contributed by atoms with Gasteiger partial charge in [0, 0.05) is 11.1 Å². The van der Waals surface area contributed by atoms with Crippen molar-refractivity contribution in [3.8, 4) is 16.9 Å². The Kier molecular flexibility index (Phi) is 5.07. The molecule has 2 N–H and O–H groups in total. The number of hydrogen-bond donors (Lipinski definition) is 1. The summed E-state index contributed by atoms with van der Waals surface area (Å²) in [6.45, 7) is 3.52. The number of aromatic nitrogens is 2. The molecule has 0 saturated carbocycles. The first-order valence-corrected chi connectivity index (χ1v) is 9.96. The molecule has 0 fully saturated rings. The molecule has 0 radical (unpaired) electrons. The first-order valence-electron chi connectivity index (χ1n) is 8.41. The summed E-state index contributed by atoms with van der Waals surface area (Å²) in [5, 5.41) is 8.91. The van der Waals surface area contributed by atoms with Crippen LogP contribution in [0.5, 0.6) is 0 Å². The Hall–Kier alpha value is -2.65. The average Bonchev–Trinajstić information content (AvgIpc) is 3.01. The summed E-state index contributed by atoms with van der Waals surface area (Å²) in [4.78, 5) is -0.132. The summed E-state index contributed by atoms with van der Waals surface area (Å²) in [5.74, 6) is 0. The van der Waals surface area contributed by atoms with Crippen molar-refractivity contribution in [1.82, 2.24) is 9.78 Å². The number of rotatable bonds is 4. The molecule has 2 aromatic carbocycles. The number of halogens is 3. The molecule has 1 heterocycles. The minimum atomic E-state index is -4.61. The number of primary sulfonamides is 1. The van der Waals surface area contributed by atoms with Crippen LogP contribution in [-0.4, -0.2) is 18.2 Å². The van der Waals surface area contributed by atoms with E-state index in [4.69, 9.17) is 5.14 Å². The molecular formula is C19H18F3N3O2S. The van der Waals surface area contributed by atoms with Crippen LogP contribution < -0.4 is 5.14 Å². The van der Waals surface area contributed by atoms with E-state index in [1.54, 1.807) is 19.1 Å². The van der Waals surface area contributed by atoms with Crippen molar-refractivity contribution in [2.75, 3.05) is 0 Å². The van der Waals surface area contributed by atoms with Crippen molar-refractivity contribution in [3.05, 3.63) is 65.4 Å². The lowest BCUT2D eigenvalue weighted by atomic mass is 10.0. The van der Waals surface area contributed by atoms with Crippen LogP contribution in [0.1, 0.15) is 23.7 Å². The van der Waals surface area contributed by atoms with Gasteiger partial charge in [-0.25, -0.2) is 18.2 Å². The van der Waals surface area contributed by atoms with Gasteiger partial charge in [0.25, 0.3) is 0 Å². The van der Waals surface area contributed by atoms with Crippen LogP contribution >= 0.6 is 0 Å². The largest absolute Gasteiger partial charge is 0.435 e. The van der Waals surface area contributed by atoms with Crippen LogP contribution in [0.25, 0.3) is 16.9 Å².